The average molecular weight is 411 g/mol. The molecule has 160 valence electrons. The molecule has 0 aromatic heterocycles. The lowest BCUT2D eigenvalue weighted by Crippen LogP contribution is -2.44. The van der Waals surface area contributed by atoms with Crippen molar-refractivity contribution in [3.8, 4) is 5.75 Å². The van der Waals surface area contributed by atoms with E-state index in [-0.39, 0.29) is 11.4 Å². The molecule has 1 aliphatic heterocycles. The summed E-state index contributed by atoms with van der Waals surface area (Å²) in [5, 5.41) is 5.07. The highest BCUT2D eigenvalue weighted by molar-refractivity contribution is 6.10. The summed E-state index contributed by atoms with van der Waals surface area (Å²) in [4.78, 5) is 38.1. The second-order valence-electron chi connectivity index (χ2n) is 7.24. The number of para-hydroxylation sites is 2. The fraction of sp³-hybridized carbons (Fsp3) is 0.550. The SMILES string of the molecule is CCCCCCCC1(C)NC(=O)N(CC(=O)Nc2ccccc2OC(F)F)C1=O. The van der Waals surface area contributed by atoms with Gasteiger partial charge in [0, 0.05) is 0 Å². The highest BCUT2D eigenvalue weighted by atomic mass is 19.3. The number of carbonyl (C=O) groups excluding carboxylic acids is 3. The quantitative estimate of drug-likeness (QED) is 0.427. The molecule has 1 fully saturated rings. The molecule has 1 aliphatic rings. The van der Waals surface area contributed by atoms with Gasteiger partial charge in [0.25, 0.3) is 5.91 Å². The number of hydrogen-bond donors (Lipinski definition) is 2. The minimum absolute atomic E-state index is 0.0311. The number of halogens is 2. The van der Waals surface area contributed by atoms with Crippen LogP contribution in [0.2, 0.25) is 0 Å². The van der Waals surface area contributed by atoms with Crippen molar-refractivity contribution in [1.29, 1.82) is 0 Å². The monoisotopic (exact) mass is 411 g/mol. The van der Waals surface area contributed by atoms with E-state index in [1.807, 2.05) is 0 Å². The van der Waals surface area contributed by atoms with Gasteiger partial charge in [-0.2, -0.15) is 8.78 Å². The Morgan fingerprint density at radius 1 is 1.21 bits per heavy atom. The zero-order valence-corrected chi connectivity index (χ0v) is 16.7. The van der Waals surface area contributed by atoms with Gasteiger partial charge >= 0.3 is 12.6 Å². The summed E-state index contributed by atoms with van der Waals surface area (Å²) in [7, 11) is 0. The van der Waals surface area contributed by atoms with E-state index in [2.05, 4.69) is 22.3 Å². The van der Waals surface area contributed by atoms with Crippen LogP contribution in [-0.4, -0.2) is 41.4 Å². The van der Waals surface area contributed by atoms with Crippen LogP contribution in [0, 0.1) is 0 Å². The Hall–Kier alpha value is -2.71. The lowest BCUT2D eigenvalue weighted by Gasteiger charge is -2.21. The van der Waals surface area contributed by atoms with E-state index in [1.165, 1.54) is 24.3 Å². The molecule has 2 N–H and O–H groups in total. The Bertz CT molecular complexity index is 744. The van der Waals surface area contributed by atoms with Crippen LogP contribution < -0.4 is 15.4 Å². The van der Waals surface area contributed by atoms with E-state index in [4.69, 9.17) is 0 Å². The summed E-state index contributed by atoms with van der Waals surface area (Å²) < 4.78 is 29.3. The molecule has 9 heteroatoms. The van der Waals surface area contributed by atoms with E-state index in [0.29, 0.717) is 6.42 Å². The first kappa shape index (κ1) is 22.6. The highest BCUT2D eigenvalue weighted by Gasteiger charge is 2.47. The van der Waals surface area contributed by atoms with Gasteiger partial charge in [0.2, 0.25) is 5.91 Å². The van der Waals surface area contributed by atoms with Gasteiger partial charge in [0.1, 0.15) is 17.8 Å². The standard InChI is InChI=1S/C20H27F2N3O4/c1-3-4-5-6-9-12-20(2)17(27)25(19(28)24-20)13-16(26)23-14-10-7-8-11-15(14)29-18(21)22/h7-8,10-11,18H,3-6,9,12-13H2,1-2H3,(H,23,26)(H,24,28). The molecule has 4 amide bonds. The van der Waals surface area contributed by atoms with Crippen LogP contribution in [0.1, 0.15) is 52.4 Å². The van der Waals surface area contributed by atoms with Gasteiger partial charge in [0.15, 0.2) is 0 Å². The third-order valence-electron chi connectivity index (χ3n) is 4.80. The molecule has 0 saturated carbocycles. The maximum absolute atomic E-state index is 12.7. The molecule has 1 unspecified atom stereocenters. The average Bonchev–Trinajstić information content (AvgIpc) is 2.86. The molecule has 1 saturated heterocycles. The van der Waals surface area contributed by atoms with Gasteiger partial charge in [-0.05, 0) is 25.5 Å². The second-order valence-corrected chi connectivity index (χ2v) is 7.24. The molecule has 0 radical (unpaired) electrons. The minimum atomic E-state index is -3.04. The number of hydrogen-bond acceptors (Lipinski definition) is 4. The Kier molecular flexibility index (Phi) is 7.92. The zero-order chi connectivity index (χ0) is 21.4. The van der Waals surface area contributed by atoms with Gasteiger partial charge in [-0.15, -0.1) is 0 Å². The number of anilines is 1. The first-order chi connectivity index (χ1) is 13.8. The summed E-state index contributed by atoms with van der Waals surface area (Å²) in [5.41, 5.74) is -1.01. The van der Waals surface area contributed by atoms with E-state index < -0.39 is 36.5 Å². The third-order valence-corrected chi connectivity index (χ3v) is 4.80. The smallest absolute Gasteiger partial charge is 0.387 e. The fourth-order valence-corrected chi connectivity index (χ4v) is 3.24. The molecular weight excluding hydrogens is 384 g/mol. The van der Waals surface area contributed by atoms with Crippen LogP contribution in [0.3, 0.4) is 0 Å². The number of nitrogens with zero attached hydrogens (tertiary/aromatic N) is 1. The van der Waals surface area contributed by atoms with Gasteiger partial charge in [-0.1, -0.05) is 51.2 Å². The van der Waals surface area contributed by atoms with Crippen molar-refractivity contribution in [3.05, 3.63) is 24.3 Å². The zero-order valence-electron chi connectivity index (χ0n) is 16.7. The predicted molar refractivity (Wildman–Crippen MR) is 104 cm³/mol. The van der Waals surface area contributed by atoms with Crippen molar-refractivity contribution >= 4 is 23.5 Å². The summed E-state index contributed by atoms with van der Waals surface area (Å²) >= 11 is 0. The maximum atomic E-state index is 12.7. The molecule has 1 aromatic rings. The minimum Gasteiger partial charge on any atom is -0.433 e. The van der Waals surface area contributed by atoms with Crippen LogP contribution in [0.15, 0.2) is 24.3 Å². The molecular formula is C20H27F2N3O4. The highest BCUT2D eigenvalue weighted by Crippen LogP contribution is 2.27. The second kappa shape index (κ2) is 10.2. The van der Waals surface area contributed by atoms with Crippen LogP contribution >= 0.6 is 0 Å². The molecule has 1 heterocycles. The Morgan fingerprint density at radius 2 is 1.90 bits per heavy atom. The van der Waals surface area contributed by atoms with Gasteiger partial charge < -0.3 is 15.4 Å². The number of ether oxygens (including phenoxy) is 1. The molecule has 29 heavy (non-hydrogen) atoms. The van der Waals surface area contributed by atoms with E-state index in [0.717, 1.165) is 37.0 Å². The van der Waals surface area contributed by atoms with Crippen molar-refractivity contribution in [1.82, 2.24) is 10.2 Å². The molecule has 0 aliphatic carbocycles. The first-order valence-corrected chi connectivity index (χ1v) is 9.74. The number of urea groups is 1. The summed E-state index contributed by atoms with van der Waals surface area (Å²) in [6.07, 6.45) is 5.56. The maximum Gasteiger partial charge on any atom is 0.387 e. The lowest BCUT2D eigenvalue weighted by atomic mass is 9.94. The topological polar surface area (TPSA) is 87.7 Å². The molecule has 7 nitrogen and oxygen atoms in total. The molecule has 0 spiro atoms. The Labute approximate surface area is 168 Å². The number of benzene rings is 1. The van der Waals surface area contributed by atoms with Crippen LogP contribution in [0.4, 0.5) is 19.3 Å². The summed E-state index contributed by atoms with van der Waals surface area (Å²) in [5.74, 6) is -1.36. The summed E-state index contributed by atoms with van der Waals surface area (Å²) in [6.45, 7) is 0.204. The third kappa shape index (κ3) is 6.13. The first-order valence-electron chi connectivity index (χ1n) is 9.74. The van der Waals surface area contributed by atoms with Crippen molar-refractivity contribution in [2.75, 3.05) is 11.9 Å². The fourth-order valence-electron chi connectivity index (χ4n) is 3.24. The molecule has 0 bridgehead atoms. The van der Waals surface area contributed by atoms with Crippen LogP contribution in [-0.2, 0) is 9.59 Å². The summed E-state index contributed by atoms with van der Waals surface area (Å²) in [6, 6.07) is 5.06. The number of rotatable bonds is 11. The molecule has 1 aromatic carbocycles. The van der Waals surface area contributed by atoms with Crippen LogP contribution in [0.25, 0.3) is 0 Å². The van der Waals surface area contributed by atoms with Crippen LogP contribution in [0.5, 0.6) is 5.75 Å². The van der Waals surface area contributed by atoms with E-state index >= 15 is 0 Å². The number of alkyl halides is 2. The predicted octanol–water partition coefficient (Wildman–Crippen LogP) is 3.90. The number of amides is 4. The van der Waals surface area contributed by atoms with Gasteiger partial charge in [-0.3, -0.25) is 14.5 Å². The van der Waals surface area contributed by atoms with Crippen molar-refractivity contribution in [3.63, 3.8) is 0 Å². The number of imide groups is 1. The van der Waals surface area contributed by atoms with E-state index in [9.17, 15) is 23.2 Å². The number of carbonyl (C=O) groups is 3. The Morgan fingerprint density at radius 3 is 2.59 bits per heavy atom. The molecule has 2 rings (SSSR count). The van der Waals surface area contributed by atoms with E-state index in [1.54, 1.807) is 6.92 Å². The lowest BCUT2D eigenvalue weighted by molar-refractivity contribution is -0.133. The Balaban J connectivity index is 1.95. The normalized spacial score (nSPS) is 18.9. The number of unbranched alkanes of at least 4 members (excludes halogenated alkanes) is 4. The number of nitrogens with one attached hydrogen (secondary N) is 2. The van der Waals surface area contributed by atoms with Gasteiger partial charge in [0.05, 0.1) is 5.69 Å². The van der Waals surface area contributed by atoms with Gasteiger partial charge in [-0.25, -0.2) is 4.79 Å². The van der Waals surface area contributed by atoms with Crippen molar-refractivity contribution < 1.29 is 27.9 Å². The molecule has 1 atom stereocenters. The van der Waals surface area contributed by atoms with Crippen molar-refractivity contribution in [2.24, 2.45) is 0 Å². The van der Waals surface area contributed by atoms with Crippen molar-refractivity contribution in [2.45, 2.75) is 64.5 Å². The largest absolute Gasteiger partial charge is 0.433 e.